The van der Waals surface area contributed by atoms with Gasteiger partial charge in [-0.15, -0.1) is 0 Å². The van der Waals surface area contributed by atoms with Crippen molar-refractivity contribution < 1.29 is 19.1 Å². The Hall–Kier alpha value is -1.27. The lowest BCUT2D eigenvalue weighted by Gasteiger charge is -2.28. The van der Waals surface area contributed by atoms with E-state index in [0.717, 1.165) is 10.5 Å². The van der Waals surface area contributed by atoms with Crippen molar-refractivity contribution >= 4 is 45.4 Å². The van der Waals surface area contributed by atoms with E-state index in [2.05, 4.69) is 15.9 Å². The summed E-state index contributed by atoms with van der Waals surface area (Å²) in [7, 11) is 0. The largest absolute Gasteiger partial charge is 0.443 e. The molecule has 0 bridgehead atoms. The highest BCUT2D eigenvalue weighted by atomic mass is 79.9. The van der Waals surface area contributed by atoms with E-state index in [1.165, 1.54) is 6.07 Å². The van der Waals surface area contributed by atoms with Gasteiger partial charge in [0.25, 0.3) is 0 Å². The third kappa shape index (κ3) is 6.32. The minimum absolute atomic E-state index is 0.285. The van der Waals surface area contributed by atoms with Crippen LogP contribution >= 0.6 is 27.5 Å². The molecule has 0 saturated carbocycles. The number of anilines is 1. The molecule has 0 saturated heterocycles. The lowest BCUT2D eigenvalue weighted by molar-refractivity contribution is 0.0431. The summed E-state index contributed by atoms with van der Waals surface area (Å²) in [5.41, 5.74) is -0.379. The van der Waals surface area contributed by atoms with E-state index in [9.17, 15) is 9.59 Å². The summed E-state index contributed by atoms with van der Waals surface area (Å²) < 4.78 is 10.6. The van der Waals surface area contributed by atoms with Gasteiger partial charge < -0.3 is 9.47 Å². The zero-order valence-electron chi connectivity index (χ0n) is 14.8. The molecule has 0 aliphatic heterocycles. The third-order valence-electron chi connectivity index (χ3n) is 2.59. The molecule has 2 amide bonds. The van der Waals surface area contributed by atoms with Crippen molar-refractivity contribution in [3.05, 3.63) is 28.8 Å². The standard InChI is InChI=1S/C17H23BrClNO4/c1-16(2,3)23-14(21)20(15(22)24-17(4,5)6)12-8-7-11(10-18)13(19)9-12/h7-9H,10H2,1-6H3. The summed E-state index contributed by atoms with van der Waals surface area (Å²) in [5, 5.41) is 0.992. The van der Waals surface area contributed by atoms with E-state index < -0.39 is 23.4 Å². The van der Waals surface area contributed by atoms with Crippen LogP contribution in [0.5, 0.6) is 0 Å². The summed E-state index contributed by atoms with van der Waals surface area (Å²) in [5.74, 6) is 0. The van der Waals surface area contributed by atoms with Crippen LogP contribution in [0, 0.1) is 0 Å². The number of alkyl halides is 1. The predicted octanol–water partition coefficient (Wildman–Crippen LogP) is 5.91. The van der Waals surface area contributed by atoms with Gasteiger partial charge in [0, 0.05) is 10.4 Å². The number of carbonyl (C=O) groups is 2. The number of hydrogen-bond donors (Lipinski definition) is 0. The molecule has 0 aliphatic rings. The minimum Gasteiger partial charge on any atom is -0.443 e. The SMILES string of the molecule is CC(C)(C)OC(=O)N(C(=O)OC(C)(C)C)c1ccc(CBr)c(Cl)c1. The predicted molar refractivity (Wildman–Crippen MR) is 99.0 cm³/mol. The number of imide groups is 1. The van der Waals surface area contributed by atoms with Crippen LogP contribution < -0.4 is 4.90 Å². The number of hydrogen-bond acceptors (Lipinski definition) is 4. The maximum Gasteiger partial charge on any atom is 0.424 e. The topological polar surface area (TPSA) is 55.8 Å². The van der Waals surface area contributed by atoms with Gasteiger partial charge in [-0.3, -0.25) is 0 Å². The van der Waals surface area contributed by atoms with Gasteiger partial charge in [0.05, 0.1) is 5.69 Å². The van der Waals surface area contributed by atoms with Crippen LogP contribution in [0.4, 0.5) is 15.3 Å². The number of amides is 2. The molecule has 134 valence electrons. The maximum atomic E-state index is 12.5. The smallest absolute Gasteiger partial charge is 0.424 e. The molecule has 1 rings (SSSR count). The summed E-state index contributed by atoms with van der Waals surface area (Å²) in [4.78, 5) is 25.9. The van der Waals surface area contributed by atoms with E-state index >= 15 is 0 Å². The Morgan fingerprint density at radius 1 is 1.04 bits per heavy atom. The van der Waals surface area contributed by atoms with Gasteiger partial charge in [0.1, 0.15) is 11.2 Å². The number of carbonyl (C=O) groups excluding carboxylic acids is 2. The van der Waals surface area contributed by atoms with E-state index in [0.29, 0.717) is 10.4 Å². The fourth-order valence-corrected chi connectivity index (χ4v) is 2.58. The van der Waals surface area contributed by atoms with Gasteiger partial charge in [-0.2, -0.15) is 4.90 Å². The highest BCUT2D eigenvalue weighted by Crippen LogP contribution is 2.28. The van der Waals surface area contributed by atoms with E-state index in [4.69, 9.17) is 21.1 Å². The second kappa shape index (κ2) is 7.74. The van der Waals surface area contributed by atoms with Crippen molar-refractivity contribution in [2.45, 2.75) is 58.1 Å². The molecular formula is C17H23BrClNO4. The van der Waals surface area contributed by atoms with Crippen LogP contribution in [0.15, 0.2) is 18.2 Å². The summed E-state index contributed by atoms with van der Waals surface area (Å²) in [6.07, 6.45) is -1.64. The maximum absolute atomic E-state index is 12.5. The molecule has 0 unspecified atom stereocenters. The first-order valence-corrected chi connectivity index (χ1v) is 8.94. The molecule has 7 heteroatoms. The van der Waals surface area contributed by atoms with Crippen LogP contribution in [-0.2, 0) is 14.8 Å². The second-order valence-electron chi connectivity index (χ2n) is 7.21. The van der Waals surface area contributed by atoms with Gasteiger partial charge in [0.2, 0.25) is 0 Å². The zero-order valence-corrected chi connectivity index (χ0v) is 17.1. The Balaban J connectivity index is 3.25. The minimum atomic E-state index is -0.820. The number of nitrogens with zero attached hydrogens (tertiary/aromatic N) is 1. The van der Waals surface area contributed by atoms with Crippen molar-refractivity contribution in [3.63, 3.8) is 0 Å². The first-order chi connectivity index (χ1) is 10.8. The van der Waals surface area contributed by atoms with Crippen LogP contribution in [0.25, 0.3) is 0 Å². The van der Waals surface area contributed by atoms with Crippen molar-refractivity contribution in [2.24, 2.45) is 0 Å². The molecule has 0 radical (unpaired) electrons. The lowest BCUT2D eigenvalue weighted by atomic mass is 10.2. The Morgan fingerprint density at radius 3 is 1.83 bits per heavy atom. The first-order valence-electron chi connectivity index (χ1n) is 7.44. The highest BCUT2D eigenvalue weighted by Gasteiger charge is 2.32. The third-order valence-corrected chi connectivity index (χ3v) is 3.55. The number of rotatable bonds is 2. The van der Waals surface area contributed by atoms with Gasteiger partial charge in [-0.05, 0) is 59.2 Å². The number of ether oxygens (including phenoxy) is 2. The molecule has 0 aromatic heterocycles. The average molecular weight is 421 g/mol. The zero-order chi connectivity index (χ0) is 18.7. The number of benzene rings is 1. The highest BCUT2D eigenvalue weighted by molar-refractivity contribution is 9.08. The fraction of sp³-hybridized carbons (Fsp3) is 0.529. The van der Waals surface area contributed by atoms with Gasteiger partial charge >= 0.3 is 12.2 Å². The van der Waals surface area contributed by atoms with Crippen LogP contribution in [-0.4, -0.2) is 23.4 Å². The molecule has 1 aromatic rings. The molecule has 0 N–H and O–H groups in total. The van der Waals surface area contributed by atoms with Crippen LogP contribution in [0.3, 0.4) is 0 Å². The first kappa shape index (κ1) is 20.8. The molecule has 24 heavy (non-hydrogen) atoms. The fourth-order valence-electron chi connectivity index (χ4n) is 1.68. The quantitative estimate of drug-likeness (QED) is 0.558. The normalized spacial score (nSPS) is 11.8. The van der Waals surface area contributed by atoms with E-state index in [-0.39, 0.29) is 5.69 Å². The molecule has 1 aromatic carbocycles. The Bertz CT molecular complexity index is 592. The Kier molecular flexibility index (Phi) is 6.70. The van der Waals surface area contributed by atoms with E-state index in [1.807, 2.05) is 0 Å². The molecule has 0 atom stereocenters. The molecule has 0 heterocycles. The molecular weight excluding hydrogens is 398 g/mol. The summed E-state index contributed by atoms with van der Waals surface area (Å²) in [6, 6.07) is 4.89. The number of halogens is 2. The molecule has 0 fully saturated rings. The van der Waals surface area contributed by atoms with Crippen molar-refractivity contribution in [1.29, 1.82) is 0 Å². The Morgan fingerprint density at radius 2 is 1.50 bits per heavy atom. The van der Waals surface area contributed by atoms with Crippen molar-refractivity contribution in [1.82, 2.24) is 0 Å². The second-order valence-corrected chi connectivity index (χ2v) is 8.17. The van der Waals surface area contributed by atoms with E-state index in [1.54, 1.807) is 53.7 Å². The molecule has 5 nitrogen and oxygen atoms in total. The summed E-state index contributed by atoms with van der Waals surface area (Å²) in [6.45, 7) is 10.3. The molecule has 0 aliphatic carbocycles. The van der Waals surface area contributed by atoms with Gasteiger partial charge in [-0.25, -0.2) is 9.59 Å². The van der Waals surface area contributed by atoms with Crippen LogP contribution in [0.2, 0.25) is 5.02 Å². The van der Waals surface area contributed by atoms with Crippen molar-refractivity contribution in [2.75, 3.05) is 4.90 Å². The van der Waals surface area contributed by atoms with Crippen LogP contribution in [0.1, 0.15) is 47.1 Å². The molecule has 0 spiro atoms. The summed E-state index contributed by atoms with van der Waals surface area (Å²) >= 11 is 9.51. The van der Waals surface area contributed by atoms with Crippen molar-refractivity contribution in [3.8, 4) is 0 Å². The van der Waals surface area contributed by atoms with Gasteiger partial charge in [-0.1, -0.05) is 33.6 Å². The monoisotopic (exact) mass is 419 g/mol. The van der Waals surface area contributed by atoms with Gasteiger partial charge in [0.15, 0.2) is 0 Å². The Labute approximate surface area is 156 Å². The lowest BCUT2D eigenvalue weighted by Crippen LogP contribution is -2.43. The average Bonchev–Trinajstić information content (AvgIpc) is 2.34.